The molecular formula is C28H40. The molecule has 0 aromatic rings. The van der Waals surface area contributed by atoms with Crippen LogP contribution in [0.4, 0.5) is 0 Å². The van der Waals surface area contributed by atoms with E-state index in [1.54, 1.807) is 77.0 Å². The molecule has 8 fully saturated rings. The van der Waals surface area contributed by atoms with E-state index in [-0.39, 0.29) is 0 Å². The highest BCUT2D eigenvalue weighted by molar-refractivity contribution is 5.15. The Kier molecular flexibility index (Phi) is 3.43. The SMILES string of the molecule is C1=C\CC23CC4CC(C2)CC(C/C=C\CC25CC6CC(CC(C/1)(C6)C2)C5)(C4)C3. The third kappa shape index (κ3) is 2.54. The van der Waals surface area contributed by atoms with Crippen LogP contribution in [0.15, 0.2) is 24.3 Å². The fraction of sp³-hybridized carbons (Fsp3) is 0.857. The van der Waals surface area contributed by atoms with E-state index in [0.717, 1.165) is 23.7 Å². The van der Waals surface area contributed by atoms with Gasteiger partial charge in [0.2, 0.25) is 0 Å². The lowest BCUT2D eigenvalue weighted by atomic mass is 9.42. The Bertz CT molecular complexity index is 580. The second kappa shape index (κ2) is 5.59. The minimum atomic E-state index is 0.696. The topological polar surface area (TPSA) is 0 Å². The van der Waals surface area contributed by atoms with Crippen LogP contribution in [0.2, 0.25) is 0 Å². The van der Waals surface area contributed by atoms with Crippen molar-refractivity contribution in [1.29, 1.82) is 0 Å². The molecule has 0 heterocycles. The largest absolute Gasteiger partial charge is 0.0880 e. The van der Waals surface area contributed by atoms with E-state index in [9.17, 15) is 0 Å². The third-order valence-electron chi connectivity index (χ3n) is 11.1. The van der Waals surface area contributed by atoms with Crippen LogP contribution in [0.25, 0.3) is 0 Å². The van der Waals surface area contributed by atoms with E-state index in [1.807, 2.05) is 0 Å². The maximum atomic E-state index is 2.70. The number of rotatable bonds is 0. The van der Waals surface area contributed by atoms with Crippen LogP contribution in [0.5, 0.6) is 0 Å². The van der Waals surface area contributed by atoms with Gasteiger partial charge in [0.1, 0.15) is 0 Å². The van der Waals surface area contributed by atoms with Gasteiger partial charge >= 0.3 is 0 Å². The first kappa shape index (κ1) is 17.2. The first-order valence-corrected chi connectivity index (χ1v) is 12.9. The van der Waals surface area contributed by atoms with Crippen LogP contribution in [0.1, 0.15) is 103 Å². The van der Waals surface area contributed by atoms with E-state index in [0.29, 0.717) is 21.7 Å². The van der Waals surface area contributed by atoms with Gasteiger partial charge in [-0.25, -0.2) is 0 Å². The van der Waals surface area contributed by atoms with Gasteiger partial charge in [0.05, 0.1) is 0 Å². The molecule has 9 rings (SSSR count). The van der Waals surface area contributed by atoms with Gasteiger partial charge in [0.25, 0.3) is 0 Å². The number of allylic oxidation sites excluding steroid dienone is 4. The highest BCUT2D eigenvalue weighted by atomic mass is 14.6. The maximum absolute atomic E-state index is 2.70. The minimum Gasteiger partial charge on any atom is -0.0880 e. The smallest absolute Gasteiger partial charge is 0.0252 e. The van der Waals surface area contributed by atoms with Gasteiger partial charge in [-0.05, 0) is 148 Å². The molecule has 8 saturated carbocycles. The Morgan fingerprint density at radius 2 is 0.643 bits per heavy atom. The summed E-state index contributed by atoms with van der Waals surface area (Å²) in [6.07, 6.45) is 35.3. The van der Waals surface area contributed by atoms with Crippen molar-refractivity contribution in [2.45, 2.75) is 103 Å². The van der Waals surface area contributed by atoms with Crippen molar-refractivity contribution in [1.82, 2.24) is 0 Å². The molecule has 0 heteroatoms. The van der Waals surface area contributed by atoms with E-state index >= 15 is 0 Å². The molecule has 0 N–H and O–H groups in total. The van der Waals surface area contributed by atoms with Crippen LogP contribution in [0, 0.1) is 45.3 Å². The van der Waals surface area contributed by atoms with Crippen molar-refractivity contribution in [3.8, 4) is 0 Å². The van der Waals surface area contributed by atoms with E-state index in [2.05, 4.69) is 24.3 Å². The van der Waals surface area contributed by atoms with Gasteiger partial charge in [-0.1, -0.05) is 24.3 Å². The first-order valence-electron chi connectivity index (χ1n) is 12.9. The molecule has 0 atom stereocenters. The van der Waals surface area contributed by atoms with Crippen molar-refractivity contribution >= 4 is 0 Å². The lowest BCUT2D eigenvalue weighted by Crippen LogP contribution is -2.52. The summed E-state index contributed by atoms with van der Waals surface area (Å²) in [6, 6.07) is 0. The highest BCUT2D eigenvalue weighted by Crippen LogP contribution is 2.69. The van der Waals surface area contributed by atoms with Gasteiger partial charge in [-0.3, -0.25) is 0 Å². The Balaban J connectivity index is 1.23. The third-order valence-corrected chi connectivity index (χ3v) is 11.1. The molecular weight excluding hydrogens is 336 g/mol. The normalized spacial score (nSPS) is 61.1. The Hall–Kier alpha value is -0.520. The van der Waals surface area contributed by atoms with Crippen molar-refractivity contribution in [3.63, 3.8) is 0 Å². The molecule has 9 aliphatic rings. The molecule has 0 nitrogen and oxygen atoms in total. The summed E-state index contributed by atoms with van der Waals surface area (Å²) < 4.78 is 0. The standard InChI is InChI=1S/C28H40/c1-2-6-26-13-23-10-24(14-26)18-28(17-23,20-26)8-4-3-7-27-15-21-9-22(16-27)12-25(5-1,11-21)19-27/h1-4,21-24H,5-20H2/b2-1-,4-3-. The molecule has 4 spiro atoms. The van der Waals surface area contributed by atoms with Gasteiger partial charge in [-0.2, -0.15) is 0 Å². The number of hydrogen-bond donors (Lipinski definition) is 0. The first-order chi connectivity index (χ1) is 13.6. The second-order valence-corrected chi connectivity index (χ2v) is 13.7. The average molecular weight is 377 g/mol. The molecule has 0 radical (unpaired) electrons. The zero-order valence-corrected chi connectivity index (χ0v) is 17.9. The minimum absolute atomic E-state index is 0.696. The van der Waals surface area contributed by atoms with Crippen LogP contribution in [-0.2, 0) is 0 Å². The molecule has 0 amide bonds. The fourth-order valence-electron chi connectivity index (χ4n) is 11.6. The van der Waals surface area contributed by atoms with E-state index < -0.39 is 0 Å². The fourth-order valence-corrected chi connectivity index (χ4v) is 11.6. The van der Waals surface area contributed by atoms with Gasteiger partial charge in [0, 0.05) is 0 Å². The zero-order valence-electron chi connectivity index (χ0n) is 17.9. The summed E-state index contributed by atoms with van der Waals surface area (Å²) in [5, 5.41) is 0. The second-order valence-electron chi connectivity index (χ2n) is 13.7. The Labute approximate surface area is 172 Å². The van der Waals surface area contributed by atoms with E-state index in [1.165, 1.54) is 25.7 Å². The summed E-state index contributed by atoms with van der Waals surface area (Å²) in [5.74, 6) is 4.27. The summed E-state index contributed by atoms with van der Waals surface area (Å²) in [4.78, 5) is 0. The highest BCUT2D eigenvalue weighted by Gasteiger charge is 2.58. The summed E-state index contributed by atoms with van der Waals surface area (Å²) in [6.45, 7) is 0. The van der Waals surface area contributed by atoms with Crippen molar-refractivity contribution in [3.05, 3.63) is 24.3 Å². The predicted octanol–water partition coefficient (Wildman–Crippen LogP) is 7.85. The lowest BCUT2D eigenvalue weighted by molar-refractivity contribution is -0.111. The summed E-state index contributed by atoms with van der Waals surface area (Å²) in [7, 11) is 0. The molecule has 0 aromatic heterocycles. The monoisotopic (exact) mass is 376 g/mol. The molecule has 28 heavy (non-hydrogen) atoms. The molecule has 0 aliphatic heterocycles. The molecule has 152 valence electrons. The molecule has 0 unspecified atom stereocenters. The van der Waals surface area contributed by atoms with Crippen LogP contribution >= 0.6 is 0 Å². The van der Waals surface area contributed by atoms with Crippen LogP contribution in [0.3, 0.4) is 0 Å². The predicted molar refractivity (Wildman–Crippen MR) is 116 cm³/mol. The number of hydrogen-bond acceptors (Lipinski definition) is 0. The average Bonchev–Trinajstić information content (AvgIpc) is 2.60. The van der Waals surface area contributed by atoms with Crippen molar-refractivity contribution in [2.24, 2.45) is 45.3 Å². The van der Waals surface area contributed by atoms with Crippen LogP contribution < -0.4 is 0 Å². The maximum Gasteiger partial charge on any atom is -0.0252 e. The molecule has 0 saturated heterocycles. The van der Waals surface area contributed by atoms with Gasteiger partial charge in [0.15, 0.2) is 0 Å². The Morgan fingerprint density at radius 1 is 0.393 bits per heavy atom. The van der Waals surface area contributed by atoms with Crippen molar-refractivity contribution in [2.75, 3.05) is 0 Å². The van der Waals surface area contributed by atoms with Gasteiger partial charge in [-0.15, -0.1) is 0 Å². The Morgan fingerprint density at radius 3 is 0.893 bits per heavy atom. The van der Waals surface area contributed by atoms with E-state index in [4.69, 9.17) is 0 Å². The van der Waals surface area contributed by atoms with Crippen molar-refractivity contribution < 1.29 is 0 Å². The van der Waals surface area contributed by atoms with Crippen LogP contribution in [-0.4, -0.2) is 0 Å². The quantitative estimate of drug-likeness (QED) is 0.378. The van der Waals surface area contributed by atoms with Gasteiger partial charge < -0.3 is 0 Å². The molecule has 8 bridgehead atoms. The summed E-state index contributed by atoms with van der Waals surface area (Å²) >= 11 is 0. The molecule has 0 aromatic carbocycles. The summed E-state index contributed by atoms with van der Waals surface area (Å²) in [5.41, 5.74) is 2.78. The zero-order chi connectivity index (χ0) is 18.5. The molecule has 9 aliphatic carbocycles. The lowest BCUT2D eigenvalue weighted by Gasteiger charge is -2.63.